The quantitative estimate of drug-likeness (QED) is 0.346. The Bertz CT molecular complexity index is 348. The van der Waals surface area contributed by atoms with Gasteiger partial charge in [-0.15, -0.1) is 11.6 Å². The first-order valence-electron chi connectivity index (χ1n) is 4.69. The highest BCUT2D eigenvalue weighted by molar-refractivity contribution is 7.90. The van der Waals surface area contributed by atoms with Crippen LogP contribution < -0.4 is 4.72 Å². The Labute approximate surface area is 103 Å². The second-order valence-electron chi connectivity index (χ2n) is 3.59. The number of alkyl halides is 1. The zero-order valence-corrected chi connectivity index (χ0v) is 10.2. The normalized spacial score (nSPS) is 39.2. The third-order valence-corrected chi connectivity index (χ3v) is 4.07. The van der Waals surface area contributed by atoms with E-state index in [0.29, 0.717) is 0 Å². The fourth-order valence-electron chi connectivity index (χ4n) is 1.41. The number of nitrogens with one attached hydrogen (secondary N) is 1. The molecule has 0 radical (unpaired) electrons. The fourth-order valence-corrected chi connectivity index (χ4v) is 2.21. The molecule has 10 heteroatoms. The molecule has 102 valence electrons. The number of rotatable bonds is 4. The summed E-state index contributed by atoms with van der Waals surface area (Å²) in [5, 5.41) is 36.4. The van der Waals surface area contributed by atoms with Crippen molar-refractivity contribution in [1.29, 1.82) is 0 Å². The van der Waals surface area contributed by atoms with Gasteiger partial charge in [0, 0.05) is 0 Å². The molecular formula is C7H14ClNO7S. The van der Waals surface area contributed by atoms with Crippen molar-refractivity contribution in [3.05, 3.63) is 0 Å². The van der Waals surface area contributed by atoms with Crippen LogP contribution in [0.2, 0.25) is 0 Å². The third kappa shape index (κ3) is 3.48. The second kappa shape index (κ2) is 5.76. The smallest absolute Gasteiger partial charge is 0.227 e. The zero-order chi connectivity index (χ0) is 13.2. The van der Waals surface area contributed by atoms with E-state index in [1.165, 1.54) is 0 Å². The van der Waals surface area contributed by atoms with Gasteiger partial charge in [-0.3, -0.25) is 0 Å². The third-order valence-electron chi connectivity index (χ3n) is 2.33. The van der Waals surface area contributed by atoms with E-state index < -0.39 is 52.5 Å². The van der Waals surface area contributed by atoms with Crippen LogP contribution in [0.1, 0.15) is 0 Å². The van der Waals surface area contributed by atoms with Crippen LogP contribution >= 0.6 is 11.6 Å². The molecule has 1 aliphatic rings. The molecule has 5 atom stereocenters. The predicted octanol–water partition coefficient (Wildman–Crippen LogP) is -3.10. The van der Waals surface area contributed by atoms with E-state index >= 15 is 0 Å². The van der Waals surface area contributed by atoms with Gasteiger partial charge in [0.1, 0.15) is 35.9 Å². The molecule has 0 saturated carbocycles. The molecule has 0 unspecified atom stereocenters. The molecule has 1 fully saturated rings. The molecule has 0 amide bonds. The number of ether oxygens (including phenoxy) is 1. The summed E-state index contributed by atoms with van der Waals surface area (Å²) in [6.07, 6.45) is -7.48. The number of halogens is 1. The second-order valence-corrected chi connectivity index (χ2v) is 5.93. The van der Waals surface area contributed by atoms with Crippen LogP contribution in [0.15, 0.2) is 0 Å². The minimum Gasteiger partial charge on any atom is -0.394 e. The lowest BCUT2D eigenvalue weighted by atomic mass is 9.99. The highest BCUT2D eigenvalue weighted by Gasteiger charge is 2.44. The van der Waals surface area contributed by atoms with E-state index in [2.05, 4.69) is 0 Å². The minimum atomic E-state index is -3.87. The van der Waals surface area contributed by atoms with Crippen LogP contribution in [0.25, 0.3) is 0 Å². The van der Waals surface area contributed by atoms with Crippen LogP contribution in [-0.4, -0.2) is 71.3 Å². The highest BCUT2D eigenvalue weighted by Crippen LogP contribution is 2.20. The Morgan fingerprint density at radius 1 is 1.18 bits per heavy atom. The van der Waals surface area contributed by atoms with E-state index in [-0.39, 0.29) is 0 Å². The van der Waals surface area contributed by atoms with Gasteiger partial charge < -0.3 is 25.2 Å². The average Bonchev–Trinajstić information content (AvgIpc) is 2.30. The van der Waals surface area contributed by atoms with Crippen molar-refractivity contribution in [2.75, 3.05) is 11.8 Å². The molecule has 1 rings (SSSR count). The standard InChI is InChI=1S/C7H14ClNO7S/c8-2-17(14,15)9-7-6(13)5(12)4(11)3(1-10)16-7/h3-7,9-13H,1-2H2/t3-,4+,5+,6-,7-/m1/s1. The van der Waals surface area contributed by atoms with Gasteiger partial charge in [0.15, 0.2) is 0 Å². The zero-order valence-electron chi connectivity index (χ0n) is 8.60. The van der Waals surface area contributed by atoms with Gasteiger partial charge in [-0.1, -0.05) is 0 Å². The molecular weight excluding hydrogens is 278 g/mol. The molecule has 1 heterocycles. The van der Waals surface area contributed by atoms with Gasteiger partial charge in [-0.25, -0.2) is 8.42 Å². The summed E-state index contributed by atoms with van der Waals surface area (Å²) in [4.78, 5) is 0. The molecule has 0 aliphatic carbocycles. The van der Waals surface area contributed by atoms with Crippen molar-refractivity contribution in [2.45, 2.75) is 30.6 Å². The lowest BCUT2D eigenvalue weighted by molar-refractivity contribution is -0.231. The summed E-state index contributed by atoms with van der Waals surface area (Å²) < 4.78 is 29.1. The van der Waals surface area contributed by atoms with Crippen LogP contribution in [0.5, 0.6) is 0 Å². The van der Waals surface area contributed by atoms with Crippen molar-refractivity contribution in [2.24, 2.45) is 0 Å². The molecule has 0 bridgehead atoms. The molecule has 0 aromatic rings. The Morgan fingerprint density at radius 2 is 1.76 bits per heavy atom. The van der Waals surface area contributed by atoms with Crippen LogP contribution in [-0.2, 0) is 14.8 Å². The van der Waals surface area contributed by atoms with E-state index in [1.807, 2.05) is 4.72 Å². The number of sulfonamides is 1. The summed E-state index contributed by atoms with van der Waals surface area (Å²) in [7, 11) is -3.87. The molecule has 0 aromatic carbocycles. The topological polar surface area (TPSA) is 136 Å². The van der Waals surface area contributed by atoms with Crippen molar-refractivity contribution in [3.8, 4) is 0 Å². The van der Waals surface area contributed by atoms with Gasteiger partial charge in [0.25, 0.3) is 0 Å². The number of aliphatic hydroxyl groups excluding tert-OH is 4. The molecule has 1 saturated heterocycles. The summed E-state index contributed by atoms with van der Waals surface area (Å²) in [5.41, 5.74) is 0. The van der Waals surface area contributed by atoms with E-state index in [9.17, 15) is 23.7 Å². The van der Waals surface area contributed by atoms with Gasteiger partial charge in [-0.2, -0.15) is 4.72 Å². The average molecular weight is 292 g/mol. The molecule has 8 nitrogen and oxygen atoms in total. The van der Waals surface area contributed by atoms with E-state index in [4.69, 9.17) is 21.4 Å². The fraction of sp³-hybridized carbons (Fsp3) is 1.00. The van der Waals surface area contributed by atoms with Crippen LogP contribution in [0, 0.1) is 0 Å². The van der Waals surface area contributed by atoms with Crippen molar-refractivity contribution < 1.29 is 33.6 Å². The van der Waals surface area contributed by atoms with E-state index in [0.717, 1.165) is 0 Å². The summed E-state index contributed by atoms with van der Waals surface area (Å²) in [5.74, 6) is 0. The van der Waals surface area contributed by atoms with E-state index in [1.54, 1.807) is 0 Å². The molecule has 1 aliphatic heterocycles. The summed E-state index contributed by atoms with van der Waals surface area (Å²) in [6, 6.07) is 0. The Kier molecular flexibility index (Phi) is 5.10. The first kappa shape index (κ1) is 15.1. The van der Waals surface area contributed by atoms with Gasteiger partial charge in [0.2, 0.25) is 10.0 Å². The van der Waals surface area contributed by atoms with Gasteiger partial charge >= 0.3 is 0 Å². The van der Waals surface area contributed by atoms with Crippen LogP contribution in [0.4, 0.5) is 0 Å². The Morgan fingerprint density at radius 3 is 2.24 bits per heavy atom. The SMILES string of the molecule is O=S(=O)(CCl)N[C@@H]1O[C@H](CO)[C@H](O)[C@H](O)[C@H]1O. The monoisotopic (exact) mass is 291 g/mol. The number of aliphatic hydroxyl groups is 4. The van der Waals surface area contributed by atoms with Crippen molar-refractivity contribution in [1.82, 2.24) is 4.72 Å². The van der Waals surface area contributed by atoms with Crippen molar-refractivity contribution in [3.63, 3.8) is 0 Å². The van der Waals surface area contributed by atoms with Gasteiger partial charge in [0.05, 0.1) is 6.61 Å². The van der Waals surface area contributed by atoms with Crippen LogP contribution in [0.3, 0.4) is 0 Å². The highest BCUT2D eigenvalue weighted by atomic mass is 35.5. The van der Waals surface area contributed by atoms with Gasteiger partial charge in [-0.05, 0) is 0 Å². The first-order valence-corrected chi connectivity index (χ1v) is 6.87. The Hall–Kier alpha value is -0.0000000000000000971. The lowest BCUT2D eigenvalue weighted by Gasteiger charge is -2.39. The Balaban J connectivity index is 2.79. The lowest BCUT2D eigenvalue weighted by Crippen LogP contribution is -2.63. The summed E-state index contributed by atoms with van der Waals surface area (Å²) >= 11 is 5.15. The maximum atomic E-state index is 11.2. The molecule has 0 aromatic heterocycles. The largest absolute Gasteiger partial charge is 0.394 e. The molecule has 5 N–H and O–H groups in total. The van der Waals surface area contributed by atoms with Crippen molar-refractivity contribution >= 4 is 21.6 Å². The minimum absolute atomic E-state index is 0.635. The summed E-state index contributed by atoms with van der Waals surface area (Å²) in [6.45, 7) is -0.635. The number of hydrogen-bond donors (Lipinski definition) is 5. The molecule has 0 spiro atoms. The molecule has 17 heavy (non-hydrogen) atoms. The number of hydrogen-bond acceptors (Lipinski definition) is 7. The first-order chi connectivity index (χ1) is 7.82. The maximum absolute atomic E-state index is 11.2. The maximum Gasteiger partial charge on any atom is 0.227 e. The predicted molar refractivity (Wildman–Crippen MR) is 56.5 cm³/mol.